The number of carbonyl (C=O) groups excluding carboxylic acids is 5. The molecule has 1 aromatic heterocycles. The lowest BCUT2D eigenvalue weighted by Crippen LogP contribution is -2.61. The van der Waals surface area contributed by atoms with Gasteiger partial charge in [0.15, 0.2) is 0 Å². The summed E-state index contributed by atoms with van der Waals surface area (Å²) < 4.78 is 1.76. The zero-order valence-electron chi connectivity index (χ0n) is 29.6. The van der Waals surface area contributed by atoms with E-state index >= 15 is 0 Å². The van der Waals surface area contributed by atoms with Crippen molar-refractivity contribution in [2.45, 2.75) is 50.1 Å². The second kappa shape index (κ2) is 13.5. The van der Waals surface area contributed by atoms with E-state index in [0.717, 1.165) is 37.3 Å². The molecule has 3 atom stereocenters. The second-order valence-electron chi connectivity index (χ2n) is 15.2. The number of nitrogens with one attached hydrogen (secondary N) is 2. The van der Waals surface area contributed by atoms with Crippen LogP contribution >= 0.6 is 15.9 Å². The Hall–Kier alpha value is -4.89. The van der Waals surface area contributed by atoms with E-state index in [1.807, 2.05) is 23.1 Å². The van der Waals surface area contributed by atoms with Gasteiger partial charge in [-0.25, -0.2) is 4.68 Å². The van der Waals surface area contributed by atoms with Crippen LogP contribution in [0.2, 0.25) is 0 Å². The first-order chi connectivity index (χ1) is 25.4. The molecule has 0 radical (unpaired) electrons. The number of aromatic nitrogens is 2. The van der Waals surface area contributed by atoms with Gasteiger partial charge in [-0.15, -0.1) is 0 Å². The maximum atomic E-state index is 13.6. The average molecular weight is 786 g/mol. The number of carbonyl (C=O) groups is 5. The topological polar surface area (TPSA) is 157 Å². The van der Waals surface area contributed by atoms with E-state index in [1.165, 1.54) is 10.2 Å². The van der Waals surface area contributed by atoms with Crippen LogP contribution in [0.4, 0.5) is 11.4 Å². The summed E-state index contributed by atoms with van der Waals surface area (Å²) in [5.41, 5.74) is 3.60. The van der Waals surface area contributed by atoms with Crippen LogP contribution in [-0.4, -0.2) is 112 Å². The van der Waals surface area contributed by atoms with Crippen LogP contribution < -0.4 is 21.1 Å². The summed E-state index contributed by atoms with van der Waals surface area (Å²) in [4.78, 5) is 84.4. The highest BCUT2D eigenvalue weighted by Gasteiger charge is 2.50. The Morgan fingerprint density at radius 1 is 0.962 bits per heavy atom. The van der Waals surface area contributed by atoms with Crippen molar-refractivity contribution in [3.8, 4) is 0 Å². The minimum Gasteiger partial charge on any atom is -0.379 e. The van der Waals surface area contributed by atoms with Gasteiger partial charge in [0, 0.05) is 69.8 Å². The second-order valence-corrected chi connectivity index (χ2v) is 16.0. The Kier molecular flexibility index (Phi) is 8.96. The number of rotatable bonds is 6. The largest absolute Gasteiger partial charge is 0.379 e. The number of hydrogen-bond acceptors (Lipinski definition) is 10. The van der Waals surface area contributed by atoms with Gasteiger partial charge in [0.2, 0.25) is 11.8 Å². The van der Waals surface area contributed by atoms with Crippen molar-refractivity contribution in [1.29, 1.82) is 0 Å². The maximum Gasteiger partial charge on any atom is 0.282 e. The molecule has 5 aliphatic heterocycles. The monoisotopic (exact) mass is 784 g/mol. The number of likely N-dealkylation sites (tertiary alicyclic amines) is 2. The standard InChI is InChI=1S/C38H41BrN8O6/c1-43-18-24(16-25(19-43)41-27-17-40-44(2)37(53)32(27)39)22-6-8-23(9-7-22)34(50)45-14-12-38(13-15-45)20-46(21-38)28-5-3-4-26-31(28)36(52)47(35(26)51)29-10-11-30(48)42-33(29)49/h3-9,17,24-25,29,41H,10-16,18-21H2,1-2H3,(H,42,48,49)/t24-,25+,29?/m0/s1. The summed E-state index contributed by atoms with van der Waals surface area (Å²) in [6, 6.07) is 12.3. The SMILES string of the molecule is CN1C[C@H](Nc2cnn(C)c(=O)c2Br)C[C@H](c2ccc(C(=O)N3CCC4(CC3)CN(c3cccc5c3C(=O)N(C3CCC(=O)NC3=O)C5=O)C4)cc2)C1. The van der Waals surface area contributed by atoms with Crippen molar-refractivity contribution in [3.63, 3.8) is 0 Å². The van der Waals surface area contributed by atoms with Gasteiger partial charge in [-0.1, -0.05) is 18.2 Å². The van der Waals surface area contributed by atoms with Gasteiger partial charge < -0.3 is 20.0 Å². The van der Waals surface area contributed by atoms with Gasteiger partial charge in [-0.05, 0) is 84.4 Å². The molecule has 3 aromatic rings. The van der Waals surface area contributed by atoms with Crippen LogP contribution in [0.15, 0.2) is 57.9 Å². The molecule has 0 bridgehead atoms. The smallest absolute Gasteiger partial charge is 0.282 e. The highest BCUT2D eigenvalue weighted by Crippen LogP contribution is 2.45. The summed E-state index contributed by atoms with van der Waals surface area (Å²) in [7, 11) is 3.71. The number of likely N-dealkylation sites (N-methyl/N-ethyl adjacent to an activating group) is 1. The first-order valence-corrected chi connectivity index (χ1v) is 18.9. The van der Waals surface area contributed by atoms with Crippen molar-refractivity contribution in [1.82, 2.24) is 29.8 Å². The number of halogens is 1. The third-order valence-corrected chi connectivity index (χ3v) is 12.4. The fourth-order valence-electron chi connectivity index (χ4n) is 8.77. The van der Waals surface area contributed by atoms with Crippen molar-refractivity contribution >= 4 is 56.8 Å². The normalized spacial score (nSPS) is 24.3. The number of anilines is 2. The quantitative estimate of drug-likeness (QED) is 0.357. The van der Waals surface area contributed by atoms with Crippen LogP contribution in [0.5, 0.6) is 0 Å². The molecule has 1 unspecified atom stereocenters. The van der Waals surface area contributed by atoms with Crippen LogP contribution in [0.25, 0.3) is 0 Å². The molecule has 15 heteroatoms. The van der Waals surface area contributed by atoms with E-state index in [4.69, 9.17) is 0 Å². The minimum absolute atomic E-state index is 0.00817. The fraction of sp³-hybridized carbons (Fsp3) is 0.447. The molecule has 0 aliphatic carbocycles. The predicted octanol–water partition coefficient (Wildman–Crippen LogP) is 2.59. The molecular formula is C38H41BrN8O6. The van der Waals surface area contributed by atoms with Crippen molar-refractivity contribution in [2.75, 3.05) is 56.5 Å². The summed E-state index contributed by atoms with van der Waals surface area (Å²) >= 11 is 3.41. The number of piperidine rings is 3. The number of nitrogens with zero attached hydrogens (tertiary/aromatic N) is 6. The summed E-state index contributed by atoms with van der Waals surface area (Å²) in [5.74, 6) is -1.76. The molecular weight excluding hydrogens is 744 g/mol. The Balaban J connectivity index is 0.870. The first-order valence-electron chi connectivity index (χ1n) is 18.1. The van der Waals surface area contributed by atoms with E-state index in [2.05, 4.69) is 60.6 Å². The molecule has 2 aromatic carbocycles. The molecule has 14 nitrogen and oxygen atoms in total. The molecule has 2 N–H and O–H groups in total. The fourth-order valence-corrected chi connectivity index (χ4v) is 9.25. The number of imide groups is 2. The van der Waals surface area contributed by atoms with E-state index in [-0.39, 0.29) is 47.2 Å². The Bertz CT molecular complexity index is 2090. The molecule has 276 valence electrons. The number of fused-ring (bicyclic) bond motifs is 1. The third-order valence-electron chi connectivity index (χ3n) is 11.7. The number of hydrogen-bond donors (Lipinski definition) is 2. The zero-order chi connectivity index (χ0) is 37.2. The zero-order valence-corrected chi connectivity index (χ0v) is 31.2. The molecule has 8 rings (SSSR count). The summed E-state index contributed by atoms with van der Waals surface area (Å²) in [6.07, 6.45) is 4.40. The van der Waals surface area contributed by atoms with Gasteiger partial charge in [0.1, 0.15) is 10.5 Å². The molecule has 5 amide bonds. The number of aryl methyl sites for hydroxylation is 1. The van der Waals surface area contributed by atoms with Crippen molar-refractivity contribution in [2.24, 2.45) is 12.5 Å². The van der Waals surface area contributed by atoms with E-state index in [1.54, 1.807) is 25.4 Å². The third kappa shape index (κ3) is 6.33. The van der Waals surface area contributed by atoms with E-state index in [0.29, 0.717) is 53.2 Å². The lowest BCUT2D eigenvalue weighted by Gasteiger charge is -2.55. The minimum atomic E-state index is -1.00. The maximum absolute atomic E-state index is 13.6. The number of benzene rings is 2. The van der Waals surface area contributed by atoms with E-state index in [9.17, 15) is 28.8 Å². The molecule has 53 heavy (non-hydrogen) atoms. The summed E-state index contributed by atoms with van der Waals surface area (Å²) in [5, 5.41) is 9.90. The molecule has 5 aliphatic rings. The van der Waals surface area contributed by atoms with Gasteiger partial charge in [0.05, 0.1) is 28.7 Å². The van der Waals surface area contributed by atoms with Crippen molar-refractivity contribution < 1.29 is 24.0 Å². The molecule has 1 spiro atoms. The van der Waals surface area contributed by atoms with Crippen LogP contribution in [-0.2, 0) is 16.6 Å². The molecule has 4 saturated heterocycles. The Morgan fingerprint density at radius 3 is 2.42 bits per heavy atom. The van der Waals surface area contributed by atoms with Crippen LogP contribution in [0.1, 0.15) is 74.7 Å². The first kappa shape index (κ1) is 35.2. The Morgan fingerprint density at radius 2 is 1.70 bits per heavy atom. The molecule has 4 fully saturated rings. The molecule has 6 heterocycles. The average Bonchev–Trinajstić information content (AvgIpc) is 3.39. The molecule has 0 saturated carbocycles. The van der Waals surface area contributed by atoms with Gasteiger partial charge in [0.25, 0.3) is 23.3 Å². The van der Waals surface area contributed by atoms with Crippen LogP contribution in [0.3, 0.4) is 0 Å². The predicted molar refractivity (Wildman–Crippen MR) is 199 cm³/mol. The number of amides is 5. The van der Waals surface area contributed by atoms with Crippen molar-refractivity contribution in [3.05, 3.63) is 85.7 Å². The van der Waals surface area contributed by atoms with E-state index < -0.39 is 29.7 Å². The van der Waals surface area contributed by atoms with Gasteiger partial charge in [-0.3, -0.25) is 39.0 Å². The highest BCUT2D eigenvalue weighted by atomic mass is 79.9. The lowest BCUT2D eigenvalue weighted by molar-refractivity contribution is -0.136. The Labute approximate surface area is 314 Å². The lowest BCUT2D eigenvalue weighted by atomic mass is 9.71. The van der Waals surface area contributed by atoms with Crippen LogP contribution in [0, 0.1) is 5.41 Å². The highest BCUT2D eigenvalue weighted by molar-refractivity contribution is 9.10. The van der Waals surface area contributed by atoms with Gasteiger partial charge in [-0.2, -0.15) is 5.10 Å². The summed E-state index contributed by atoms with van der Waals surface area (Å²) in [6.45, 7) is 4.41. The van der Waals surface area contributed by atoms with Gasteiger partial charge >= 0.3 is 0 Å².